The molecule has 1 fully saturated rings. The first-order chi connectivity index (χ1) is 9.75. The number of hydrogen-bond acceptors (Lipinski definition) is 4. The molecule has 0 aliphatic carbocycles. The Morgan fingerprint density at radius 2 is 2.10 bits per heavy atom. The predicted molar refractivity (Wildman–Crippen MR) is 80.2 cm³/mol. The second kappa shape index (κ2) is 8.21. The third-order valence-corrected chi connectivity index (χ3v) is 3.47. The Bertz CT molecular complexity index is 436. The van der Waals surface area contributed by atoms with Crippen LogP contribution in [0.5, 0.6) is 0 Å². The number of piperazine rings is 1. The standard InChI is InChI=1S/C14H20ClN3O2/c15-12-3-1-2-4-13(12)17-14(19)11-20-10-9-18-7-5-16-6-8-18/h1-4,16H,5-11H2,(H,17,19). The Labute approximate surface area is 124 Å². The lowest BCUT2D eigenvalue weighted by Crippen LogP contribution is -2.44. The van der Waals surface area contributed by atoms with Gasteiger partial charge in [0, 0.05) is 32.7 Å². The average molecular weight is 298 g/mol. The number of rotatable bonds is 6. The summed E-state index contributed by atoms with van der Waals surface area (Å²) in [5, 5.41) is 6.56. The number of ether oxygens (including phenoxy) is 1. The molecule has 0 atom stereocenters. The monoisotopic (exact) mass is 297 g/mol. The van der Waals surface area contributed by atoms with E-state index in [0.717, 1.165) is 32.7 Å². The zero-order valence-corrected chi connectivity index (χ0v) is 12.2. The van der Waals surface area contributed by atoms with Crippen LogP contribution in [0.15, 0.2) is 24.3 Å². The van der Waals surface area contributed by atoms with E-state index in [1.165, 1.54) is 0 Å². The lowest BCUT2D eigenvalue weighted by Gasteiger charge is -2.26. The number of nitrogens with zero attached hydrogens (tertiary/aromatic N) is 1. The smallest absolute Gasteiger partial charge is 0.250 e. The van der Waals surface area contributed by atoms with Gasteiger partial charge >= 0.3 is 0 Å². The van der Waals surface area contributed by atoms with Crippen molar-refractivity contribution < 1.29 is 9.53 Å². The quantitative estimate of drug-likeness (QED) is 0.775. The van der Waals surface area contributed by atoms with Gasteiger partial charge in [-0.25, -0.2) is 0 Å². The van der Waals surface area contributed by atoms with E-state index in [4.69, 9.17) is 16.3 Å². The summed E-state index contributed by atoms with van der Waals surface area (Å²) < 4.78 is 5.39. The van der Waals surface area contributed by atoms with Gasteiger partial charge in [0.05, 0.1) is 17.3 Å². The number of nitrogens with one attached hydrogen (secondary N) is 2. The van der Waals surface area contributed by atoms with Crippen molar-refractivity contribution in [2.24, 2.45) is 0 Å². The van der Waals surface area contributed by atoms with Crippen LogP contribution in [0.4, 0.5) is 5.69 Å². The van der Waals surface area contributed by atoms with Gasteiger partial charge in [-0.2, -0.15) is 0 Å². The first-order valence-electron chi connectivity index (χ1n) is 6.81. The van der Waals surface area contributed by atoms with Gasteiger partial charge in [0.25, 0.3) is 0 Å². The summed E-state index contributed by atoms with van der Waals surface area (Å²) in [6.07, 6.45) is 0. The van der Waals surface area contributed by atoms with Crippen molar-refractivity contribution in [3.8, 4) is 0 Å². The number of carbonyl (C=O) groups is 1. The highest BCUT2D eigenvalue weighted by Crippen LogP contribution is 2.20. The molecule has 1 saturated heterocycles. The van der Waals surface area contributed by atoms with E-state index in [-0.39, 0.29) is 12.5 Å². The van der Waals surface area contributed by atoms with Gasteiger partial charge in [-0.05, 0) is 12.1 Å². The molecule has 2 rings (SSSR count). The summed E-state index contributed by atoms with van der Waals surface area (Å²) in [6.45, 7) is 5.60. The summed E-state index contributed by atoms with van der Waals surface area (Å²) in [6, 6.07) is 7.15. The number of para-hydroxylation sites is 1. The second-order valence-electron chi connectivity index (χ2n) is 4.67. The van der Waals surface area contributed by atoms with Crippen LogP contribution in [0.3, 0.4) is 0 Å². The lowest BCUT2D eigenvalue weighted by atomic mass is 10.3. The molecule has 110 valence electrons. The topological polar surface area (TPSA) is 53.6 Å². The predicted octanol–water partition coefficient (Wildman–Crippen LogP) is 1.20. The molecule has 0 aromatic heterocycles. The SMILES string of the molecule is O=C(COCCN1CCNCC1)Nc1ccccc1Cl. The van der Waals surface area contributed by atoms with Gasteiger partial charge in [-0.1, -0.05) is 23.7 Å². The number of benzene rings is 1. The van der Waals surface area contributed by atoms with E-state index >= 15 is 0 Å². The fourth-order valence-electron chi connectivity index (χ4n) is 2.04. The van der Waals surface area contributed by atoms with Gasteiger partial charge in [0.2, 0.25) is 5.91 Å². The maximum Gasteiger partial charge on any atom is 0.250 e. The van der Waals surface area contributed by atoms with Gasteiger partial charge in [-0.3, -0.25) is 9.69 Å². The molecular formula is C14H20ClN3O2. The largest absolute Gasteiger partial charge is 0.370 e. The van der Waals surface area contributed by atoms with Crippen LogP contribution in [-0.4, -0.2) is 56.7 Å². The summed E-state index contributed by atoms with van der Waals surface area (Å²) >= 11 is 5.96. The molecule has 20 heavy (non-hydrogen) atoms. The fourth-order valence-corrected chi connectivity index (χ4v) is 2.23. The molecule has 1 amide bonds. The molecule has 0 bridgehead atoms. The number of halogens is 1. The van der Waals surface area contributed by atoms with Crippen LogP contribution >= 0.6 is 11.6 Å². The van der Waals surface area contributed by atoms with E-state index < -0.39 is 0 Å². The van der Waals surface area contributed by atoms with Crippen molar-refractivity contribution >= 4 is 23.2 Å². The van der Waals surface area contributed by atoms with E-state index in [2.05, 4.69) is 15.5 Å². The molecule has 0 unspecified atom stereocenters. The third-order valence-electron chi connectivity index (χ3n) is 3.14. The Kier molecular flexibility index (Phi) is 6.26. The minimum atomic E-state index is -0.182. The number of amides is 1. The van der Waals surface area contributed by atoms with Crippen molar-refractivity contribution in [3.05, 3.63) is 29.3 Å². The van der Waals surface area contributed by atoms with Crippen LogP contribution in [0.1, 0.15) is 0 Å². The Balaban J connectivity index is 1.61. The van der Waals surface area contributed by atoms with Crippen LogP contribution in [0.25, 0.3) is 0 Å². The van der Waals surface area contributed by atoms with Gasteiger partial charge in [0.15, 0.2) is 0 Å². The van der Waals surface area contributed by atoms with Crippen molar-refractivity contribution in [1.82, 2.24) is 10.2 Å². The molecule has 0 spiro atoms. The maximum absolute atomic E-state index is 11.7. The Morgan fingerprint density at radius 3 is 2.85 bits per heavy atom. The summed E-state index contributed by atoms with van der Waals surface area (Å²) in [5.41, 5.74) is 0.616. The molecule has 1 heterocycles. The van der Waals surface area contributed by atoms with Crippen LogP contribution in [-0.2, 0) is 9.53 Å². The number of carbonyl (C=O) groups excluding carboxylic acids is 1. The van der Waals surface area contributed by atoms with Crippen molar-refractivity contribution in [3.63, 3.8) is 0 Å². The third kappa shape index (κ3) is 5.09. The minimum Gasteiger partial charge on any atom is -0.370 e. The fraction of sp³-hybridized carbons (Fsp3) is 0.500. The van der Waals surface area contributed by atoms with Gasteiger partial charge in [-0.15, -0.1) is 0 Å². The average Bonchev–Trinajstić information content (AvgIpc) is 2.47. The molecule has 1 aromatic carbocycles. The van der Waals surface area contributed by atoms with E-state index in [1.54, 1.807) is 12.1 Å². The Morgan fingerprint density at radius 1 is 1.35 bits per heavy atom. The molecule has 0 radical (unpaired) electrons. The first kappa shape index (κ1) is 15.3. The number of hydrogen-bond donors (Lipinski definition) is 2. The lowest BCUT2D eigenvalue weighted by molar-refractivity contribution is -0.120. The summed E-state index contributed by atoms with van der Waals surface area (Å²) in [7, 11) is 0. The van der Waals surface area contributed by atoms with Gasteiger partial charge in [0.1, 0.15) is 6.61 Å². The minimum absolute atomic E-state index is 0.0529. The molecular weight excluding hydrogens is 278 g/mol. The maximum atomic E-state index is 11.7. The zero-order valence-electron chi connectivity index (χ0n) is 11.4. The van der Waals surface area contributed by atoms with E-state index in [1.807, 2.05) is 12.1 Å². The van der Waals surface area contributed by atoms with Gasteiger partial charge < -0.3 is 15.4 Å². The zero-order chi connectivity index (χ0) is 14.2. The molecule has 0 saturated carbocycles. The molecule has 1 aliphatic rings. The Hall–Kier alpha value is -1.14. The highest BCUT2D eigenvalue weighted by atomic mass is 35.5. The van der Waals surface area contributed by atoms with Crippen LogP contribution < -0.4 is 10.6 Å². The molecule has 5 nitrogen and oxygen atoms in total. The normalized spacial score (nSPS) is 16.1. The molecule has 1 aliphatic heterocycles. The van der Waals surface area contributed by atoms with Crippen LogP contribution in [0, 0.1) is 0 Å². The van der Waals surface area contributed by atoms with Crippen LogP contribution in [0.2, 0.25) is 5.02 Å². The number of anilines is 1. The molecule has 6 heteroatoms. The summed E-state index contributed by atoms with van der Waals surface area (Å²) in [4.78, 5) is 14.0. The van der Waals surface area contributed by atoms with Crippen molar-refractivity contribution in [2.75, 3.05) is 51.3 Å². The van der Waals surface area contributed by atoms with E-state index in [0.29, 0.717) is 17.3 Å². The highest BCUT2D eigenvalue weighted by Gasteiger charge is 2.09. The van der Waals surface area contributed by atoms with E-state index in [9.17, 15) is 4.79 Å². The highest BCUT2D eigenvalue weighted by molar-refractivity contribution is 6.33. The molecule has 1 aromatic rings. The first-order valence-corrected chi connectivity index (χ1v) is 7.19. The van der Waals surface area contributed by atoms with Crippen molar-refractivity contribution in [2.45, 2.75) is 0 Å². The van der Waals surface area contributed by atoms with Crippen molar-refractivity contribution in [1.29, 1.82) is 0 Å². The molecule has 2 N–H and O–H groups in total. The second-order valence-corrected chi connectivity index (χ2v) is 5.08. The summed E-state index contributed by atoms with van der Waals surface area (Å²) in [5.74, 6) is -0.182.